The Labute approximate surface area is 104 Å². The highest BCUT2D eigenvalue weighted by molar-refractivity contribution is 6.20. The van der Waals surface area contributed by atoms with Crippen molar-refractivity contribution in [1.82, 2.24) is 0 Å². The Morgan fingerprint density at radius 1 is 0.944 bits per heavy atom. The highest BCUT2D eigenvalue weighted by Gasteiger charge is 2.18. The minimum Gasteiger partial charge on any atom is -0.457 e. The van der Waals surface area contributed by atoms with E-state index < -0.39 is 0 Å². The maximum atomic E-state index is 7.71. The molecule has 0 unspecified atom stereocenters. The second-order valence-corrected chi connectivity index (χ2v) is 3.97. The number of benzene rings is 2. The van der Waals surface area contributed by atoms with Gasteiger partial charge in [0.2, 0.25) is 0 Å². The lowest BCUT2D eigenvalue weighted by Gasteiger charge is -2.07. The van der Waals surface area contributed by atoms with Crippen molar-refractivity contribution in [3.8, 4) is 11.5 Å². The summed E-state index contributed by atoms with van der Waals surface area (Å²) in [5, 5.41) is 7.71. The minimum absolute atomic E-state index is 0.181. The monoisotopic (exact) mass is 237 g/mol. The fourth-order valence-corrected chi connectivity index (χ4v) is 1.87. The average molecular weight is 237 g/mol. The summed E-state index contributed by atoms with van der Waals surface area (Å²) >= 11 is 0. The Bertz CT molecular complexity index is 647. The molecule has 0 aliphatic carbocycles. The molecule has 0 radical (unpaired) electrons. The van der Waals surface area contributed by atoms with Gasteiger partial charge in [0, 0.05) is 11.1 Å². The number of amidine groups is 2. The van der Waals surface area contributed by atoms with Gasteiger partial charge in [0.25, 0.3) is 0 Å². The van der Waals surface area contributed by atoms with Crippen molar-refractivity contribution in [3.63, 3.8) is 0 Å². The summed E-state index contributed by atoms with van der Waals surface area (Å²) in [6.07, 6.45) is 0. The van der Waals surface area contributed by atoms with Gasteiger partial charge in [-0.1, -0.05) is 18.2 Å². The van der Waals surface area contributed by atoms with Crippen molar-refractivity contribution < 1.29 is 4.74 Å². The number of fused-ring (bicyclic) bond motifs is 1. The van der Waals surface area contributed by atoms with Gasteiger partial charge in [0.05, 0.1) is 0 Å². The van der Waals surface area contributed by atoms with Crippen LogP contribution < -0.4 is 10.5 Å². The van der Waals surface area contributed by atoms with Crippen LogP contribution in [0.5, 0.6) is 11.5 Å². The van der Waals surface area contributed by atoms with Crippen LogP contribution in [0.25, 0.3) is 0 Å². The quantitative estimate of drug-likeness (QED) is 0.842. The molecular weight excluding hydrogens is 226 g/mol. The van der Waals surface area contributed by atoms with Crippen molar-refractivity contribution in [2.45, 2.75) is 0 Å². The molecule has 0 fully saturated rings. The number of ether oxygens (including phenoxy) is 1. The van der Waals surface area contributed by atoms with Gasteiger partial charge < -0.3 is 10.5 Å². The summed E-state index contributed by atoms with van der Waals surface area (Å²) in [6.45, 7) is 0. The van der Waals surface area contributed by atoms with Gasteiger partial charge in [-0.25, -0.2) is 4.99 Å². The molecule has 2 aromatic rings. The number of nitrogens with one attached hydrogen (secondary N) is 1. The molecule has 0 amide bonds. The summed E-state index contributed by atoms with van der Waals surface area (Å²) in [7, 11) is 0. The van der Waals surface area contributed by atoms with Crippen LogP contribution in [0.15, 0.2) is 53.5 Å². The van der Waals surface area contributed by atoms with Crippen LogP contribution in [0.2, 0.25) is 0 Å². The Kier molecular flexibility index (Phi) is 2.34. The molecule has 0 spiro atoms. The smallest absolute Gasteiger partial charge is 0.155 e. The molecule has 0 saturated carbocycles. The molecule has 1 aliphatic heterocycles. The molecule has 88 valence electrons. The van der Waals surface area contributed by atoms with Crippen LogP contribution in [0, 0.1) is 5.41 Å². The lowest BCUT2D eigenvalue weighted by Crippen LogP contribution is -2.10. The first-order valence-corrected chi connectivity index (χ1v) is 5.54. The van der Waals surface area contributed by atoms with Crippen LogP contribution in [0.1, 0.15) is 11.1 Å². The zero-order chi connectivity index (χ0) is 12.5. The number of nitrogens with two attached hydrogens (primary N) is 1. The summed E-state index contributed by atoms with van der Waals surface area (Å²) < 4.78 is 5.70. The molecule has 3 rings (SSSR count). The molecule has 3 N–H and O–H groups in total. The van der Waals surface area contributed by atoms with E-state index in [-0.39, 0.29) is 5.84 Å². The van der Waals surface area contributed by atoms with Gasteiger partial charge in [-0.2, -0.15) is 0 Å². The molecule has 0 bridgehead atoms. The van der Waals surface area contributed by atoms with E-state index in [9.17, 15) is 0 Å². The maximum Gasteiger partial charge on any atom is 0.155 e. The van der Waals surface area contributed by atoms with Gasteiger partial charge >= 0.3 is 0 Å². The highest BCUT2D eigenvalue weighted by Crippen LogP contribution is 2.26. The van der Waals surface area contributed by atoms with E-state index in [0.29, 0.717) is 17.1 Å². The molecular formula is C14H11N3O. The van der Waals surface area contributed by atoms with Crippen LogP contribution in [0.4, 0.5) is 0 Å². The van der Waals surface area contributed by atoms with Gasteiger partial charge in [-0.3, -0.25) is 5.41 Å². The van der Waals surface area contributed by atoms with Gasteiger partial charge in [-0.05, 0) is 30.3 Å². The predicted molar refractivity (Wildman–Crippen MR) is 70.5 cm³/mol. The molecule has 4 nitrogen and oxygen atoms in total. The first-order valence-electron chi connectivity index (χ1n) is 5.54. The van der Waals surface area contributed by atoms with Gasteiger partial charge in [0.1, 0.15) is 17.3 Å². The van der Waals surface area contributed by atoms with Crippen LogP contribution in [-0.4, -0.2) is 11.7 Å². The number of aliphatic imine (C=N–C) groups is 1. The van der Waals surface area contributed by atoms with E-state index in [1.807, 2.05) is 42.5 Å². The Hall–Kier alpha value is -2.62. The molecule has 0 aromatic heterocycles. The fraction of sp³-hybridized carbons (Fsp3) is 0. The van der Waals surface area contributed by atoms with Gasteiger partial charge in [-0.15, -0.1) is 0 Å². The van der Waals surface area contributed by atoms with Crippen molar-refractivity contribution >= 4 is 11.7 Å². The topological polar surface area (TPSA) is 71.5 Å². The second-order valence-electron chi connectivity index (χ2n) is 3.97. The third-order valence-corrected chi connectivity index (χ3v) is 2.73. The number of hydrogen-bond acceptors (Lipinski definition) is 3. The number of para-hydroxylation sites is 1. The lowest BCUT2D eigenvalue weighted by molar-refractivity contribution is 0.482. The summed E-state index contributed by atoms with van der Waals surface area (Å²) in [6, 6.07) is 14.9. The van der Waals surface area contributed by atoms with E-state index in [1.165, 1.54) is 0 Å². The van der Waals surface area contributed by atoms with E-state index in [0.717, 1.165) is 11.3 Å². The molecule has 0 saturated heterocycles. The molecule has 4 heteroatoms. The molecule has 18 heavy (non-hydrogen) atoms. The summed E-state index contributed by atoms with van der Waals surface area (Å²) in [5.74, 6) is 2.01. The molecule has 1 heterocycles. The van der Waals surface area contributed by atoms with E-state index in [2.05, 4.69) is 4.99 Å². The third kappa shape index (κ3) is 1.73. The van der Waals surface area contributed by atoms with E-state index >= 15 is 0 Å². The maximum absolute atomic E-state index is 7.71. The Morgan fingerprint density at radius 3 is 2.50 bits per heavy atom. The number of hydrogen-bond donors (Lipinski definition) is 2. The van der Waals surface area contributed by atoms with Crippen LogP contribution >= 0.6 is 0 Å². The van der Waals surface area contributed by atoms with Crippen molar-refractivity contribution in [2.75, 3.05) is 0 Å². The van der Waals surface area contributed by atoms with Crippen molar-refractivity contribution in [3.05, 3.63) is 59.7 Å². The van der Waals surface area contributed by atoms with Crippen LogP contribution in [0.3, 0.4) is 0 Å². The fourth-order valence-electron chi connectivity index (χ4n) is 1.87. The Balaban J connectivity index is 1.93. The molecule has 1 aliphatic rings. The lowest BCUT2D eigenvalue weighted by atomic mass is 10.1. The van der Waals surface area contributed by atoms with Gasteiger partial charge in [0.15, 0.2) is 5.84 Å². The Morgan fingerprint density at radius 2 is 1.72 bits per heavy atom. The van der Waals surface area contributed by atoms with Crippen LogP contribution in [-0.2, 0) is 0 Å². The first-order chi connectivity index (χ1) is 8.74. The standard InChI is InChI=1S/C14H11N3O/c15-13-11-7-6-10(8-12(11)14(16)17-13)18-9-4-2-1-3-5-9/h1-8H,(H3,15,16,17). The number of rotatable bonds is 2. The van der Waals surface area contributed by atoms with Crippen molar-refractivity contribution in [1.29, 1.82) is 5.41 Å². The summed E-state index contributed by atoms with van der Waals surface area (Å²) in [4.78, 5) is 3.93. The third-order valence-electron chi connectivity index (χ3n) is 2.73. The largest absolute Gasteiger partial charge is 0.457 e. The SMILES string of the molecule is N=C1N=C(N)c2ccc(Oc3ccccc3)cc21. The molecule has 0 atom stereocenters. The minimum atomic E-state index is 0.181. The zero-order valence-electron chi connectivity index (χ0n) is 9.55. The predicted octanol–water partition coefficient (Wildman–Crippen LogP) is 2.52. The van der Waals surface area contributed by atoms with E-state index in [4.69, 9.17) is 15.9 Å². The summed E-state index contributed by atoms with van der Waals surface area (Å²) in [5.41, 5.74) is 7.21. The first kappa shape index (κ1) is 10.5. The highest BCUT2D eigenvalue weighted by atomic mass is 16.5. The molecule has 2 aromatic carbocycles. The normalized spacial score (nSPS) is 13.1. The van der Waals surface area contributed by atoms with Crippen molar-refractivity contribution in [2.24, 2.45) is 10.7 Å². The zero-order valence-corrected chi connectivity index (χ0v) is 9.55. The second kappa shape index (κ2) is 4.00. The van der Waals surface area contributed by atoms with E-state index in [1.54, 1.807) is 6.07 Å². The average Bonchev–Trinajstić information content (AvgIpc) is 2.66. The number of nitrogens with zero attached hydrogens (tertiary/aromatic N) is 1.